The number of hydrogen-bond donors (Lipinski definition) is 1. The minimum atomic E-state index is -0.823. The Hall–Kier alpha value is -3.13. The van der Waals surface area contributed by atoms with Gasteiger partial charge in [0.05, 0.1) is 22.9 Å². The van der Waals surface area contributed by atoms with Gasteiger partial charge in [0.1, 0.15) is 17.4 Å². The van der Waals surface area contributed by atoms with E-state index in [0.717, 1.165) is 0 Å². The molecule has 1 aliphatic rings. The van der Waals surface area contributed by atoms with Crippen LogP contribution in [0.25, 0.3) is 5.76 Å². The van der Waals surface area contributed by atoms with Crippen LogP contribution in [0.3, 0.4) is 0 Å². The number of benzene rings is 1. The number of aliphatic hydroxyl groups is 1. The molecule has 1 N–H and O–H groups in total. The molecule has 1 fully saturated rings. The number of ketones is 1. The number of nitrogens with zero attached hydrogens (tertiary/aromatic N) is 4. The molecule has 3 rings (SSSR count). The molecule has 8 heteroatoms. The lowest BCUT2D eigenvalue weighted by Gasteiger charge is -2.26. The molecular formula is C21H23FN4O3. The van der Waals surface area contributed by atoms with Gasteiger partial charge in [0.15, 0.2) is 0 Å². The minimum absolute atomic E-state index is 0.0454. The number of Topliss-reactive ketones (excluding diaryl/α,β-unsaturated/α-hetero) is 1. The normalized spacial score (nSPS) is 18.7. The van der Waals surface area contributed by atoms with Crippen molar-refractivity contribution in [3.63, 3.8) is 0 Å². The van der Waals surface area contributed by atoms with Crippen LogP contribution in [-0.2, 0) is 9.59 Å². The van der Waals surface area contributed by atoms with Crippen LogP contribution in [0.4, 0.5) is 4.39 Å². The summed E-state index contributed by atoms with van der Waals surface area (Å²) in [4.78, 5) is 37.2. The van der Waals surface area contributed by atoms with Crippen LogP contribution in [0.1, 0.15) is 28.7 Å². The molecule has 0 unspecified atom stereocenters. The smallest absolute Gasteiger partial charge is 0.295 e. The molecule has 0 bridgehead atoms. The van der Waals surface area contributed by atoms with E-state index in [0.29, 0.717) is 23.6 Å². The summed E-state index contributed by atoms with van der Waals surface area (Å²) in [6, 6.07) is 4.74. The highest BCUT2D eigenvalue weighted by molar-refractivity contribution is 6.46. The van der Waals surface area contributed by atoms with E-state index in [1.165, 1.54) is 35.4 Å². The van der Waals surface area contributed by atoms with E-state index in [1.54, 1.807) is 13.8 Å². The Kier molecular flexibility index (Phi) is 5.74. The van der Waals surface area contributed by atoms with E-state index in [9.17, 15) is 19.1 Å². The summed E-state index contributed by atoms with van der Waals surface area (Å²) in [5.41, 5.74) is 1.27. The Morgan fingerprint density at radius 2 is 1.86 bits per heavy atom. The summed E-state index contributed by atoms with van der Waals surface area (Å²) in [6.07, 6.45) is 1.43. The molecule has 1 amide bonds. The number of likely N-dealkylation sites (tertiary alicyclic amines) is 1. The highest BCUT2D eigenvalue weighted by Crippen LogP contribution is 2.39. The Morgan fingerprint density at radius 3 is 2.45 bits per heavy atom. The number of carbonyl (C=O) groups excluding carboxylic acids is 2. The largest absolute Gasteiger partial charge is 0.507 e. The first-order chi connectivity index (χ1) is 13.7. The van der Waals surface area contributed by atoms with Gasteiger partial charge in [0.2, 0.25) is 0 Å². The Balaban J connectivity index is 2.17. The molecule has 1 atom stereocenters. The van der Waals surface area contributed by atoms with Crippen molar-refractivity contribution in [2.45, 2.75) is 19.9 Å². The topological polar surface area (TPSA) is 86.6 Å². The predicted octanol–water partition coefficient (Wildman–Crippen LogP) is 2.22. The summed E-state index contributed by atoms with van der Waals surface area (Å²) in [5, 5.41) is 11.0. The number of hydrogen-bond acceptors (Lipinski definition) is 6. The summed E-state index contributed by atoms with van der Waals surface area (Å²) in [7, 11) is 3.72. The third kappa shape index (κ3) is 4.02. The molecule has 152 valence electrons. The van der Waals surface area contributed by atoms with Gasteiger partial charge in [-0.3, -0.25) is 9.59 Å². The molecule has 0 radical (unpaired) electrons. The molecule has 1 aliphatic heterocycles. The van der Waals surface area contributed by atoms with Crippen molar-refractivity contribution in [2.24, 2.45) is 0 Å². The maximum absolute atomic E-state index is 13.5. The van der Waals surface area contributed by atoms with Crippen LogP contribution in [0.5, 0.6) is 0 Å². The molecule has 0 saturated carbocycles. The Morgan fingerprint density at radius 1 is 1.21 bits per heavy atom. The molecule has 1 aromatic carbocycles. The van der Waals surface area contributed by atoms with Crippen molar-refractivity contribution >= 4 is 17.4 Å². The molecule has 1 saturated heterocycles. The van der Waals surface area contributed by atoms with Crippen LogP contribution < -0.4 is 0 Å². The third-order valence-electron chi connectivity index (χ3n) is 4.87. The van der Waals surface area contributed by atoms with Gasteiger partial charge in [-0.05, 0) is 45.6 Å². The van der Waals surface area contributed by atoms with E-state index in [1.807, 2.05) is 19.0 Å². The molecule has 0 aliphatic carbocycles. The first-order valence-corrected chi connectivity index (χ1v) is 9.20. The van der Waals surface area contributed by atoms with Gasteiger partial charge in [-0.1, -0.05) is 12.1 Å². The highest BCUT2D eigenvalue weighted by atomic mass is 19.1. The average Bonchev–Trinajstić information content (AvgIpc) is 2.91. The molecule has 1 aromatic heterocycles. The van der Waals surface area contributed by atoms with E-state index in [4.69, 9.17) is 0 Å². The Bertz CT molecular complexity index is 986. The van der Waals surface area contributed by atoms with E-state index in [-0.39, 0.29) is 23.4 Å². The zero-order valence-corrected chi connectivity index (χ0v) is 16.8. The lowest BCUT2D eigenvalue weighted by atomic mass is 9.95. The fourth-order valence-electron chi connectivity index (χ4n) is 3.37. The van der Waals surface area contributed by atoms with Crippen molar-refractivity contribution in [3.8, 4) is 0 Å². The van der Waals surface area contributed by atoms with Crippen LogP contribution in [0, 0.1) is 19.7 Å². The molecular weight excluding hydrogens is 375 g/mol. The second-order valence-corrected chi connectivity index (χ2v) is 7.26. The van der Waals surface area contributed by atoms with E-state index < -0.39 is 23.5 Å². The number of aromatic nitrogens is 2. The van der Waals surface area contributed by atoms with Crippen LogP contribution in [-0.4, -0.2) is 63.7 Å². The summed E-state index contributed by atoms with van der Waals surface area (Å²) >= 11 is 0. The maximum atomic E-state index is 13.5. The van der Waals surface area contributed by atoms with Gasteiger partial charge in [-0.15, -0.1) is 0 Å². The number of aryl methyl sites for hydroxylation is 2. The number of amides is 1. The second-order valence-electron chi connectivity index (χ2n) is 7.26. The van der Waals surface area contributed by atoms with E-state index in [2.05, 4.69) is 9.97 Å². The number of carbonyl (C=O) groups is 2. The van der Waals surface area contributed by atoms with Crippen molar-refractivity contribution in [3.05, 3.63) is 64.5 Å². The van der Waals surface area contributed by atoms with Gasteiger partial charge in [-0.25, -0.2) is 14.4 Å². The molecule has 29 heavy (non-hydrogen) atoms. The van der Waals surface area contributed by atoms with Crippen molar-refractivity contribution in [2.75, 3.05) is 27.2 Å². The monoisotopic (exact) mass is 398 g/mol. The fraction of sp³-hybridized carbons (Fsp3) is 0.333. The van der Waals surface area contributed by atoms with Gasteiger partial charge >= 0.3 is 0 Å². The van der Waals surface area contributed by atoms with Crippen LogP contribution >= 0.6 is 0 Å². The number of aliphatic hydroxyl groups excluding tert-OH is 1. The number of likely N-dealkylation sites (N-methyl/N-ethyl adjacent to an activating group) is 1. The molecule has 7 nitrogen and oxygen atoms in total. The van der Waals surface area contributed by atoms with Crippen LogP contribution in [0.2, 0.25) is 0 Å². The predicted molar refractivity (Wildman–Crippen MR) is 105 cm³/mol. The lowest BCUT2D eigenvalue weighted by molar-refractivity contribution is -0.140. The van der Waals surface area contributed by atoms with Gasteiger partial charge in [-0.2, -0.15) is 0 Å². The molecule has 2 aromatic rings. The third-order valence-corrected chi connectivity index (χ3v) is 4.87. The first kappa shape index (κ1) is 20.6. The SMILES string of the molecule is Cc1ncc(C(O)=C2C(=O)C(=O)N(CCN(C)C)[C@H]2c2ccc(F)cc2)c(C)n1. The zero-order chi connectivity index (χ0) is 21.3. The molecule has 2 heterocycles. The zero-order valence-electron chi connectivity index (χ0n) is 16.8. The summed E-state index contributed by atoms with van der Waals surface area (Å²) in [5.74, 6) is -1.71. The molecule has 0 spiro atoms. The number of halogens is 1. The number of rotatable bonds is 5. The summed E-state index contributed by atoms with van der Waals surface area (Å²) < 4.78 is 13.5. The van der Waals surface area contributed by atoms with E-state index >= 15 is 0 Å². The lowest BCUT2D eigenvalue weighted by Crippen LogP contribution is -2.35. The standard InChI is InChI=1S/C21H23FN4O3/c1-12-16(11-23-13(2)24-12)19(27)17-18(14-5-7-15(22)8-6-14)26(10-9-25(3)4)21(29)20(17)28/h5-8,11,18,27H,9-10H2,1-4H3/t18-/m0/s1. The minimum Gasteiger partial charge on any atom is -0.507 e. The van der Waals surface area contributed by atoms with Crippen molar-refractivity contribution in [1.29, 1.82) is 0 Å². The second kappa shape index (κ2) is 8.08. The van der Waals surface area contributed by atoms with Gasteiger partial charge < -0.3 is 14.9 Å². The Labute approximate surface area is 168 Å². The quantitative estimate of drug-likeness (QED) is 0.472. The fourth-order valence-corrected chi connectivity index (χ4v) is 3.37. The first-order valence-electron chi connectivity index (χ1n) is 9.20. The van der Waals surface area contributed by atoms with Gasteiger partial charge in [0, 0.05) is 19.3 Å². The average molecular weight is 398 g/mol. The maximum Gasteiger partial charge on any atom is 0.295 e. The highest BCUT2D eigenvalue weighted by Gasteiger charge is 2.46. The van der Waals surface area contributed by atoms with Crippen molar-refractivity contribution in [1.82, 2.24) is 19.8 Å². The summed E-state index contributed by atoms with van der Waals surface area (Å²) in [6.45, 7) is 4.21. The van der Waals surface area contributed by atoms with Gasteiger partial charge in [0.25, 0.3) is 11.7 Å². The van der Waals surface area contributed by atoms with Crippen LogP contribution in [0.15, 0.2) is 36.0 Å². The van der Waals surface area contributed by atoms with Crippen molar-refractivity contribution < 1.29 is 19.1 Å².